The second-order valence-corrected chi connectivity index (χ2v) is 5.30. The second kappa shape index (κ2) is 5.94. The number of Topliss-reactive ketones (excluding diaryl/α,β-unsaturated/α-hetero) is 1. The van der Waals surface area contributed by atoms with Gasteiger partial charge in [-0.05, 0) is 25.3 Å². The third-order valence-corrected chi connectivity index (χ3v) is 3.61. The van der Waals surface area contributed by atoms with E-state index in [-0.39, 0.29) is 5.78 Å². The maximum Gasteiger partial charge on any atom is 0.191 e. The summed E-state index contributed by atoms with van der Waals surface area (Å²) in [6, 6.07) is 11.6. The third-order valence-electron chi connectivity index (χ3n) is 2.76. The number of ketones is 1. The largest absolute Gasteiger partial charge is 0.365 e. The van der Waals surface area contributed by atoms with Crippen LogP contribution in [-0.2, 0) is 11.3 Å². The Hall–Kier alpha value is -1.45. The summed E-state index contributed by atoms with van der Waals surface area (Å²) in [6.45, 7) is 4.30. The summed E-state index contributed by atoms with van der Waals surface area (Å²) >= 11 is 1.64. The first kappa shape index (κ1) is 13.0. The van der Waals surface area contributed by atoms with Gasteiger partial charge in [0.1, 0.15) is 6.10 Å². The van der Waals surface area contributed by atoms with Gasteiger partial charge in [0, 0.05) is 10.4 Å². The van der Waals surface area contributed by atoms with E-state index in [1.54, 1.807) is 18.3 Å². The Labute approximate surface area is 111 Å². The molecule has 1 heterocycles. The Bertz CT molecular complexity index is 500. The number of thiophene rings is 1. The van der Waals surface area contributed by atoms with Gasteiger partial charge in [-0.15, -0.1) is 11.3 Å². The monoisotopic (exact) mass is 260 g/mol. The molecule has 0 aliphatic rings. The quantitative estimate of drug-likeness (QED) is 0.763. The minimum atomic E-state index is -0.408. The Balaban J connectivity index is 1.94. The second-order valence-electron chi connectivity index (χ2n) is 4.26. The summed E-state index contributed by atoms with van der Waals surface area (Å²) in [5, 5.41) is 2.01. The summed E-state index contributed by atoms with van der Waals surface area (Å²) in [5.74, 6) is 0.0338. The number of benzene rings is 1. The van der Waals surface area contributed by atoms with Crippen LogP contribution in [-0.4, -0.2) is 11.9 Å². The Morgan fingerprint density at radius 2 is 2.00 bits per heavy atom. The molecule has 0 saturated carbocycles. The van der Waals surface area contributed by atoms with Crippen molar-refractivity contribution < 1.29 is 9.53 Å². The van der Waals surface area contributed by atoms with Crippen molar-refractivity contribution in [1.29, 1.82) is 0 Å². The number of aryl methyl sites for hydroxylation is 1. The molecule has 2 nitrogen and oxygen atoms in total. The van der Waals surface area contributed by atoms with E-state index in [1.807, 2.05) is 48.7 Å². The molecule has 0 aliphatic heterocycles. The fourth-order valence-corrected chi connectivity index (χ4v) is 2.26. The normalized spacial score (nSPS) is 12.3. The van der Waals surface area contributed by atoms with E-state index in [9.17, 15) is 4.79 Å². The van der Waals surface area contributed by atoms with Gasteiger partial charge in [0.05, 0.1) is 6.61 Å². The van der Waals surface area contributed by atoms with Crippen molar-refractivity contribution in [1.82, 2.24) is 0 Å². The Morgan fingerprint density at radius 1 is 1.28 bits per heavy atom. The van der Waals surface area contributed by atoms with Gasteiger partial charge in [-0.25, -0.2) is 0 Å². The standard InChI is InChI=1S/C15H16O2S/c1-11-5-7-13(8-6-11)15(16)12(2)17-10-14-4-3-9-18-14/h3-9,12H,10H2,1-2H3. The Morgan fingerprint density at radius 3 is 2.61 bits per heavy atom. The van der Waals surface area contributed by atoms with Crippen LogP contribution < -0.4 is 0 Å². The van der Waals surface area contributed by atoms with Gasteiger partial charge in [0.15, 0.2) is 5.78 Å². The van der Waals surface area contributed by atoms with E-state index in [1.165, 1.54) is 0 Å². The molecule has 2 aromatic rings. The van der Waals surface area contributed by atoms with Crippen LogP contribution in [0.3, 0.4) is 0 Å². The summed E-state index contributed by atoms with van der Waals surface area (Å²) in [5.41, 5.74) is 1.86. The lowest BCUT2D eigenvalue weighted by Gasteiger charge is -2.11. The molecule has 0 aliphatic carbocycles. The summed E-state index contributed by atoms with van der Waals surface area (Å²) in [7, 11) is 0. The van der Waals surface area contributed by atoms with Crippen LogP contribution in [0.4, 0.5) is 0 Å². The van der Waals surface area contributed by atoms with Crippen molar-refractivity contribution in [3.8, 4) is 0 Å². The molecule has 1 aromatic heterocycles. The molecular weight excluding hydrogens is 244 g/mol. The molecular formula is C15H16O2S. The number of rotatable bonds is 5. The zero-order valence-corrected chi connectivity index (χ0v) is 11.4. The molecule has 18 heavy (non-hydrogen) atoms. The molecule has 1 unspecified atom stereocenters. The summed E-state index contributed by atoms with van der Waals surface area (Å²) in [6.07, 6.45) is -0.408. The van der Waals surface area contributed by atoms with Gasteiger partial charge >= 0.3 is 0 Å². The zero-order chi connectivity index (χ0) is 13.0. The topological polar surface area (TPSA) is 26.3 Å². The first-order chi connectivity index (χ1) is 8.66. The number of hydrogen-bond acceptors (Lipinski definition) is 3. The van der Waals surface area contributed by atoms with E-state index >= 15 is 0 Å². The predicted octanol–water partition coefficient (Wildman–Crippen LogP) is 3.84. The van der Waals surface area contributed by atoms with Crippen LogP contribution in [0.15, 0.2) is 41.8 Å². The van der Waals surface area contributed by atoms with Gasteiger partial charge in [-0.2, -0.15) is 0 Å². The fraction of sp³-hybridized carbons (Fsp3) is 0.267. The average Bonchev–Trinajstić information content (AvgIpc) is 2.89. The molecule has 0 bridgehead atoms. The van der Waals surface area contributed by atoms with Crippen LogP contribution in [0.25, 0.3) is 0 Å². The highest BCUT2D eigenvalue weighted by Gasteiger charge is 2.15. The third kappa shape index (κ3) is 3.28. The predicted molar refractivity (Wildman–Crippen MR) is 74.1 cm³/mol. The van der Waals surface area contributed by atoms with Crippen LogP contribution in [0.1, 0.15) is 27.7 Å². The van der Waals surface area contributed by atoms with Crippen LogP contribution in [0, 0.1) is 6.92 Å². The lowest BCUT2D eigenvalue weighted by Crippen LogP contribution is -2.20. The first-order valence-electron chi connectivity index (χ1n) is 5.91. The molecule has 0 N–H and O–H groups in total. The summed E-state index contributed by atoms with van der Waals surface area (Å²) < 4.78 is 5.59. The number of carbonyl (C=O) groups excluding carboxylic acids is 1. The van der Waals surface area contributed by atoms with Crippen LogP contribution >= 0.6 is 11.3 Å². The maximum atomic E-state index is 12.1. The smallest absolute Gasteiger partial charge is 0.191 e. The van der Waals surface area contributed by atoms with Crippen molar-refractivity contribution >= 4 is 17.1 Å². The molecule has 0 saturated heterocycles. The summed E-state index contributed by atoms with van der Waals surface area (Å²) in [4.78, 5) is 13.2. The van der Waals surface area contributed by atoms with Gasteiger partial charge in [-0.3, -0.25) is 4.79 Å². The molecule has 3 heteroatoms. The molecule has 1 aromatic carbocycles. The van der Waals surface area contributed by atoms with E-state index in [0.717, 1.165) is 10.4 Å². The molecule has 0 amide bonds. The van der Waals surface area contributed by atoms with Crippen LogP contribution in [0.2, 0.25) is 0 Å². The van der Waals surface area contributed by atoms with Gasteiger partial charge in [0.25, 0.3) is 0 Å². The van der Waals surface area contributed by atoms with E-state index < -0.39 is 6.10 Å². The van der Waals surface area contributed by atoms with Crippen molar-refractivity contribution in [2.75, 3.05) is 0 Å². The molecule has 0 radical (unpaired) electrons. The SMILES string of the molecule is Cc1ccc(C(=O)C(C)OCc2cccs2)cc1. The van der Waals surface area contributed by atoms with E-state index in [2.05, 4.69) is 0 Å². The van der Waals surface area contributed by atoms with Gasteiger partial charge in [-0.1, -0.05) is 35.9 Å². The number of ether oxygens (including phenoxy) is 1. The van der Waals surface area contributed by atoms with Gasteiger partial charge in [0.2, 0.25) is 0 Å². The number of hydrogen-bond donors (Lipinski definition) is 0. The molecule has 0 spiro atoms. The number of carbonyl (C=O) groups is 1. The highest BCUT2D eigenvalue weighted by Crippen LogP contribution is 2.13. The van der Waals surface area contributed by atoms with E-state index in [0.29, 0.717) is 12.2 Å². The molecule has 1 atom stereocenters. The average molecular weight is 260 g/mol. The molecule has 0 fully saturated rings. The van der Waals surface area contributed by atoms with Crippen molar-refractivity contribution in [2.45, 2.75) is 26.6 Å². The van der Waals surface area contributed by atoms with E-state index in [4.69, 9.17) is 4.74 Å². The van der Waals surface area contributed by atoms with Crippen molar-refractivity contribution in [3.05, 3.63) is 57.8 Å². The van der Waals surface area contributed by atoms with Crippen molar-refractivity contribution in [2.24, 2.45) is 0 Å². The lowest BCUT2D eigenvalue weighted by molar-refractivity contribution is 0.0420. The minimum Gasteiger partial charge on any atom is -0.365 e. The van der Waals surface area contributed by atoms with Crippen molar-refractivity contribution in [3.63, 3.8) is 0 Å². The fourth-order valence-electron chi connectivity index (χ4n) is 1.63. The molecule has 2 rings (SSSR count). The highest BCUT2D eigenvalue weighted by molar-refractivity contribution is 7.09. The first-order valence-corrected chi connectivity index (χ1v) is 6.79. The molecule has 94 valence electrons. The Kier molecular flexibility index (Phi) is 4.28. The maximum absolute atomic E-state index is 12.1. The van der Waals surface area contributed by atoms with Crippen LogP contribution in [0.5, 0.6) is 0 Å². The van der Waals surface area contributed by atoms with Gasteiger partial charge < -0.3 is 4.74 Å². The zero-order valence-electron chi connectivity index (χ0n) is 10.6. The lowest BCUT2D eigenvalue weighted by atomic mass is 10.1. The minimum absolute atomic E-state index is 0.0338. The highest BCUT2D eigenvalue weighted by atomic mass is 32.1.